The van der Waals surface area contributed by atoms with Crippen LogP contribution in [0, 0.1) is 23.5 Å². The third-order valence-electron chi connectivity index (χ3n) is 8.45. The van der Waals surface area contributed by atoms with Crippen molar-refractivity contribution in [2.45, 2.75) is 96.8 Å². The fourth-order valence-corrected chi connectivity index (χ4v) is 6.12. The number of allylic oxidation sites excluding steroid dienone is 4. The maximum atomic E-state index is 15.1. The second-order valence-electron chi connectivity index (χ2n) is 11.0. The molecule has 1 fully saturated rings. The van der Waals surface area contributed by atoms with Crippen LogP contribution in [0.25, 0.3) is 11.1 Å². The molecular weight excluding hydrogens is 472 g/mol. The molecule has 0 heterocycles. The molecule has 0 aliphatic heterocycles. The number of benzene rings is 2. The Hall–Kier alpha value is -2.36. The molecule has 0 saturated heterocycles. The standard InChI is InChI=1S/C33H40F4/c1-3-5-7-26-18-19-27(31(35)30(26)34)17-12-23-10-15-25(16-11-23)29-21-20-28(32(36)33(29)37)24-13-8-22(6-4-2)9-14-24/h10-11,15-16,19-22,24,26H,3-9,12-14,17-18H2,1-2H3. The molecule has 2 aromatic carbocycles. The number of halogens is 4. The van der Waals surface area contributed by atoms with E-state index in [9.17, 15) is 8.78 Å². The van der Waals surface area contributed by atoms with Crippen molar-refractivity contribution in [3.05, 3.63) is 82.5 Å². The van der Waals surface area contributed by atoms with E-state index < -0.39 is 23.3 Å². The van der Waals surface area contributed by atoms with E-state index in [0.29, 0.717) is 42.4 Å². The first kappa shape index (κ1) is 27.7. The van der Waals surface area contributed by atoms with Gasteiger partial charge >= 0.3 is 0 Å². The SMILES string of the molecule is CCCCC1CC=C(CCc2ccc(-c3ccc(C4CCC(CCC)CC4)c(F)c3F)cc2)C(F)=C1F. The lowest BCUT2D eigenvalue weighted by Gasteiger charge is -2.29. The van der Waals surface area contributed by atoms with Crippen LogP contribution in [0.3, 0.4) is 0 Å². The molecule has 0 amide bonds. The summed E-state index contributed by atoms with van der Waals surface area (Å²) in [6, 6.07) is 10.8. The Morgan fingerprint density at radius 1 is 0.757 bits per heavy atom. The molecule has 1 unspecified atom stereocenters. The normalized spacial score (nSPS) is 22.3. The van der Waals surface area contributed by atoms with E-state index in [0.717, 1.165) is 50.0 Å². The fourth-order valence-electron chi connectivity index (χ4n) is 6.12. The smallest absolute Gasteiger partial charge is 0.166 e. The van der Waals surface area contributed by atoms with Crippen LogP contribution in [0.15, 0.2) is 59.7 Å². The average Bonchev–Trinajstić information content (AvgIpc) is 2.92. The van der Waals surface area contributed by atoms with Crippen molar-refractivity contribution in [1.82, 2.24) is 0 Å². The predicted molar refractivity (Wildman–Crippen MR) is 145 cm³/mol. The minimum atomic E-state index is -0.784. The maximum absolute atomic E-state index is 15.1. The molecule has 0 N–H and O–H groups in total. The summed E-state index contributed by atoms with van der Waals surface area (Å²) < 4.78 is 59.2. The number of hydrogen-bond donors (Lipinski definition) is 0. The van der Waals surface area contributed by atoms with Crippen LogP contribution in [-0.2, 0) is 6.42 Å². The summed E-state index contributed by atoms with van der Waals surface area (Å²) in [7, 11) is 0. The Kier molecular flexibility index (Phi) is 9.67. The van der Waals surface area contributed by atoms with E-state index >= 15 is 8.78 Å². The van der Waals surface area contributed by atoms with Gasteiger partial charge < -0.3 is 0 Å². The van der Waals surface area contributed by atoms with Crippen LogP contribution >= 0.6 is 0 Å². The second-order valence-corrected chi connectivity index (χ2v) is 11.0. The van der Waals surface area contributed by atoms with Crippen molar-refractivity contribution in [2.75, 3.05) is 0 Å². The van der Waals surface area contributed by atoms with E-state index in [-0.39, 0.29) is 17.4 Å². The summed E-state index contributed by atoms with van der Waals surface area (Å²) in [6.07, 6.45) is 12.3. The topological polar surface area (TPSA) is 0 Å². The van der Waals surface area contributed by atoms with E-state index in [2.05, 4.69) is 6.92 Å². The number of unbranched alkanes of at least 4 members (excludes halogenated alkanes) is 1. The van der Waals surface area contributed by atoms with Gasteiger partial charge in [-0.05, 0) is 85.5 Å². The van der Waals surface area contributed by atoms with Crippen molar-refractivity contribution in [3.8, 4) is 11.1 Å². The molecule has 2 aliphatic rings. The fraction of sp³-hybridized carbons (Fsp3) is 0.515. The van der Waals surface area contributed by atoms with Crippen LogP contribution < -0.4 is 0 Å². The summed E-state index contributed by atoms with van der Waals surface area (Å²) in [5.41, 5.74) is 2.77. The average molecular weight is 513 g/mol. The minimum Gasteiger partial charge on any atom is -0.208 e. The van der Waals surface area contributed by atoms with Crippen LogP contribution in [-0.4, -0.2) is 0 Å². The van der Waals surface area contributed by atoms with Gasteiger partial charge in [0.05, 0.1) is 0 Å². The molecule has 0 spiro atoms. The van der Waals surface area contributed by atoms with Gasteiger partial charge in [0.25, 0.3) is 0 Å². The third kappa shape index (κ3) is 6.56. The largest absolute Gasteiger partial charge is 0.208 e. The third-order valence-corrected chi connectivity index (χ3v) is 8.45. The van der Waals surface area contributed by atoms with Crippen molar-refractivity contribution in [1.29, 1.82) is 0 Å². The first-order chi connectivity index (χ1) is 17.9. The molecular formula is C33H40F4. The number of hydrogen-bond acceptors (Lipinski definition) is 0. The Morgan fingerprint density at radius 3 is 2.16 bits per heavy atom. The quantitative estimate of drug-likeness (QED) is 0.278. The highest BCUT2D eigenvalue weighted by atomic mass is 19.2. The first-order valence-corrected chi connectivity index (χ1v) is 14.2. The van der Waals surface area contributed by atoms with Gasteiger partial charge in [-0.3, -0.25) is 0 Å². The first-order valence-electron chi connectivity index (χ1n) is 14.2. The van der Waals surface area contributed by atoms with Gasteiger partial charge in [0.15, 0.2) is 17.5 Å². The molecule has 0 nitrogen and oxygen atoms in total. The number of rotatable bonds is 10. The summed E-state index contributed by atoms with van der Waals surface area (Å²) in [4.78, 5) is 0. The van der Waals surface area contributed by atoms with Crippen LogP contribution in [0.5, 0.6) is 0 Å². The highest BCUT2D eigenvalue weighted by Gasteiger charge is 2.27. The van der Waals surface area contributed by atoms with Crippen molar-refractivity contribution >= 4 is 0 Å². The lowest BCUT2D eigenvalue weighted by atomic mass is 9.77. The van der Waals surface area contributed by atoms with Crippen molar-refractivity contribution in [3.63, 3.8) is 0 Å². The van der Waals surface area contributed by atoms with Gasteiger partial charge in [-0.25, -0.2) is 17.6 Å². The van der Waals surface area contributed by atoms with Crippen molar-refractivity contribution < 1.29 is 17.6 Å². The summed E-state index contributed by atoms with van der Waals surface area (Å²) in [5.74, 6) is -2.32. The Labute approximate surface area is 219 Å². The molecule has 37 heavy (non-hydrogen) atoms. The molecule has 1 saturated carbocycles. The lowest BCUT2D eigenvalue weighted by Crippen LogP contribution is -2.14. The van der Waals surface area contributed by atoms with Crippen LogP contribution in [0.2, 0.25) is 0 Å². The van der Waals surface area contributed by atoms with E-state index in [1.165, 1.54) is 12.8 Å². The van der Waals surface area contributed by atoms with E-state index in [1.54, 1.807) is 24.3 Å². The zero-order chi connectivity index (χ0) is 26.4. The highest BCUT2D eigenvalue weighted by Crippen LogP contribution is 2.40. The Morgan fingerprint density at radius 2 is 1.49 bits per heavy atom. The Balaban J connectivity index is 1.38. The zero-order valence-corrected chi connectivity index (χ0v) is 22.3. The molecule has 1 atom stereocenters. The number of aryl methyl sites for hydroxylation is 1. The monoisotopic (exact) mass is 512 g/mol. The van der Waals surface area contributed by atoms with Gasteiger partial charge in [-0.15, -0.1) is 0 Å². The predicted octanol–water partition coefficient (Wildman–Crippen LogP) is 10.9. The molecule has 200 valence electrons. The Bertz CT molecular complexity index is 1100. The second kappa shape index (κ2) is 12.9. The molecule has 4 heteroatoms. The molecule has 0 radical (unpaired) electrons. The summed E-state index contributed by atoms with van der Waals surface area (Å²) in [5, 5.41) is 0. The summed E-state index contributed by atoms with van der Waals surface area (Å²) >= 11 is 0. The lowest BCUT2D eigenvalue weighted by molar-refractivity contribution is 0.303. The van der Waals surface area contributed by atoms with Gasteiger partial charge in [0.1, 0.15) is 5.83 Å². The highest BCUT2D eigenvalue weighted by molar-refractivity contribution is 5.65. The maximum Gasteiger partial charge on any atom is 0.166 e. The van der Waals surface area contributed by atoms with Gasteiger partial charge in [0, 0.05) is 11.5 Å². The van der Waals surface area contributed by atoms with Gasteiger partial charge in [-0.2, -0.15) is 0 Å². The van der Waals surface area contributed by atoms with E-state index in [4.69, 9.17) is 0 Å². The van der Waals surface area contributed by atoms with Gasteiger partial charge in [-0.1, -0.05) is 82.0 Å². The molecule has 2 aliphatic carbocycles. The van der Waals surface area contributed by atoms with Gasteiger partial charge in [0.2, 0.25) is 0 Å². The van der Waals surface area contributed by atoms with Crippen molar-refractivity contribution in [2.24, 2.45) is 11.8 Å². The molecule has 0 aromatic heterocycles. The van der Waals surface area contributed by atoms with Crippen LogP contribution in [0.4, 0.5) is 17.6 Å². The molecule has 4 rings (SSSR count). The minimum absolute atomic E-state index is 0.0920. The molecule has 0 bridgehead atoms. The zero-order valence-electron chi connectivity index (χ0n) is 22.3. The molecule has 2 aromatic rings. The van der Waals surface area contributed by atoms with E-state index in [1.807, 2.05) is 25.1 Å². The van der Waals surface area contributed by atoms with Crippen LogP contribution in [0.1, 0.15) is 102 Å². The summed E-state index contributed by atoms with van der Waals surface area (Å²) in [6.45, 7) is 4.25.